The summed E-state index contributed by atoms with van der Waals surface area (Å²) >= 11 is 0. The van der Waals surface area contributed by atoms with Crippen molar-refractivity contribution >= 4 is 21.6 Å². The number of aromatic nitrogens is 2. The van der Waals surface area contributed by atoms with Gasteiger partial charge in [0.25, 0.3) is 0 Å². The molecule has 1 heterocycles. The van der Waals surface area contributed by atoms with Gasteiger partial charge in [-0.1, -0.05) is 0 Å². The third-order valence-corrected chi connectivity index (χ3v) is 2.70. The maximum Gasteiger partial charge on any atom is 0.222 e. The SMILES string of the molecule is Cc1nc(N)nc(N)c1S(C)(=O)=O. The zero-order valence-electron chi connectivity index (χ0n) is 7.27. The number of hydrogen-bond acceptors (Lipinski definition) is 6. The summed E-state index contributed by atoms with van der Waals surface area (Å²) in [5, 5.41) is 0. The minimum absolute atomic E-state index is 0.0256. The third kappa shape index (κ3) is 1.86. The predicted molar refractivity (Wildman–Crippen MR) is 48.7 cm³/mol. The van der Waals surface area contributed by atoms with E-state index >= 15 is 0 Å². The molecule has 72 valence electrons. The molecular formula is C6H10N4O2S. The lowest BCUT2D eigenvalue weighted by atomic mass is 10.4. The van der Waals surface area contributed by atoms with Gasteiger partial charge >= 0.3 is 0 Å². The Morgan fingerprint density at radius 3 is 2.15 bits per heavy atom. The summed E-state index contributed by atoms with van der Waals surface area (Å²) in [5.74, 6) is -0.130. The van der Waals surface area contributed by atoms with E-state index in [0.717, 1.165) is 6.26 Å². The van der Waals surface area contributed by atoms with Gasteiger partial charge in [0, 0.05) is 6.26 Å². The Morgan fingerprint density at radius 2 is 1.77 bits per heavy atom. The van der Waals surface area contributed by atoms with Crippen molar-refractivity contribution in [3.8, 4) is 0 Å². The molecule has 7 heteroatoms. The Bertz CT molecular complexity index is 417. The second kappa shape index (κ2) is 2.84. The first-order valence-electron chi connectivity index (χ1n) is 3.42. The van der Waals surface area contributed by atoms with Gasteiger partial charge in [0.1, 0.15) is 10.7 Å². The highest BCUT2D eigenvalue weighted by Crippen LogP contribution is 2.19. The fourth-order valence-corrected chi connectivity index (χ4v) is 2.07. The van der Waals surface area contributed by atoms with E-state index in [1.807, 2.05) is 0 Å². The van der Waals surface area contributed by atoms with Crippen molar-refractivity contribution in [3.63, 3.8) is 0 Å². The molecule has 1 aromatic heterocycles. The average molecular weight is 202 g/mol. The second-order valence-corrected chi connectivity index (χ2v) is 4.61. The molecule has 0 bridgehead atoms. The zero-order valence-corrected chi connectivity index (χ0v) is 8.09. The maximum absolute atomic E-state index is 11.2. The Morgan fingerprint density at radius 1 is 1.23 bits per heavy atom. The number of sulfone groups is 1. The van der Waals surface area contributed by atoms with E-state index in [-0.39, 0.29) is 22.4 Å². The lowest BCUT2D eigenvalue weighted by molar-refractivity contribution is 0.600. The summed E-state index contributed by atoms with van der Waals surface area (Å²) in [6, 6.07) is 0. The van der Waals surface area contributed by atoms with Crippen molar-refractivity contribution in [2.24, 2.45) is 0 Å². The number of nitrogens with two attached hydrogens (primary N) is 2. The van der Waals surface area contributed by atoms with Crippen LogP contribution >= 0.6 is 0 Å². The first-order valence-corrected chi connectivity index (χ1v) is 5.31. The van der Waals surface area contributed by atoms with E-state index in [9.17, 15) is 8.42 Å². The van der Waals surface area contributed by atoms with Crippen LogP contribution in [0, 0.1) is 6.92 Å². The highest BCUT2D eigenvalue weighted by molar-refractivity contribution is 7.90. The first kappa shape index (κ1) is 9.72. The largest absolute Gasteiger partial charge is 0.382 e. The quantitative estimate of drug-likeness (QED) is 0.626. The van der Waals surface area contributed by atoms with Gasteiger partial charge in [0.05, 0.1) is 5.69 Å². The van der Waals surface area contributed by atoms with Gasteiger partial charge in [-0.3, -0.25) is 0 Å². The fraction of sp³-hybridized carbons (Fsp3) is 0.333. The van der Waals surface area contributed by atoms with E-state index in [1.165, 1.54) is 6.92 Å². The topological polar surface area (TPSA) is 112 Å². The molecule has 0 atom stereocenters. The molecule has 6 nitrogen and oxygen atoms in total. The van der Waals surface area contributed by atoms with Crippen molar-refractivity contribution in [1.29, 1.82) is 0 Å². The van der Waals surface area contributed by atoms with E-state index in [0.29, 0.717) is 0 Å². The van der Waals surface area contributed by atoms with Crippen LogP contribution in [0.1, 0.15) is 5.69 Å². The minimum Gasteiger partial charge on any atom is -0.382 e. The lowest BCUT2D eigenvalue weighted by Gasteiger charge is -2.05. The molecule has 0 aliphatic heterocycles. The molecule has 0 saturated carbocycles. The number of aryl methyl sites for hydroxylation is 1. The second-order valence-electron chi connectivity index (χ2n) is 2.65. The van der Waals surface area contributed by atoms with Crippen LogP contribution in [0.2, 0.25) is 0 Å². The van der Waals surface area contributed by atoms with Crippen LogP contribution in [-0.2, 0) is 9.84 Å². The van der Waals surface area contributed by atoms with E-state index < -0.39 is 9.84 Å². The smallest absolute Gasteiger partial charge is 0.222 e. The summed E-state index contributed by atoms with van der Waals surface area (Å²) in [6.07, 6.45) is 1.05. The molecule has 0 spiro atoms. The first-order chi connectivity index (χ1) is 5.82. The summed E-state index contributed by atoms with van der Waals surface area (Å²) in [5.41, 5.74) is 10.9. The number of nitrogens with zero attached hydrogens (tertiary/aromatic N) is 2. The van der Waals surface area contributed by atoms with E-state index in [4.69, 9.17) is 11.5 Å². The molecule has 1 aromatic rings. The van der Waals surface area contributed by atoms with Crippen molar-refractivity contribution < 1.29 is 8.42 Å². The molecule has 1 rings (SSSR count). The van der Waals surface area contributed by atoms with Gasteiger partial charge in [-0.05, 0) is 6.92 Å². The van der Waals surface area contributed by atoms with E-state index in [1.54, 1.807) is 0 Å². The van der Waals surface area contributed by atoms with Crippen LogP contribution in [0.25, 0.3) is 0 Å². The number of nitrogen functional groups attached to an aromatic ring is 2. The molecule has 0 aliphatic carbocycles. The van der Waals surface area contributed by atoms with Crippen molar-refractivity contribution in [3.05, 3.63) is 5.69 Å². The van der Waals surface area contributed by atoms with Gasteiger partial charge in [0.15, 0.2) is 9.84 Å². The Hall–Kier alpha value is -1.37. The molecule has 0 radical (unpaired) electrons. The Balaban J connectivity index is 3.57. The van der Waals surface area contributed by atoms with Gasteiger partial charge in [-0.2, -0.15) is 4.98 Å². The molecule has 0 amide bonds. The van der Waals surface area contributed by atoms with Crippen LogP contribution in [0.3, 0.4) is 0 Å². The highest BCUT2D eigenvalue weighted by Gasteiger charge is 2.17. The Labute approximate surface area is 75.9 Å². The third-order valence-electron chi connectivity index (χ3n) is 1.45. The molecule has 13 heavy (non-hydrogen) atoms. The van der Waals surface area contributed by atoms with Crippen molar-refractivity contribution in [2.75, 3.05) is 17.7 Å². The molecule has 0 aromatic carbocycles. The standard InChI is InChI=1S/C6H10N4O2S/c1-3-4(13(2,11)12)5(7)10-6(8)9-3/h1-2H3,(H4,7,8,9,10). The predicted octanol–water partition coefficient (Wildman–Crippen LogP) is -0.647. The fourth-order valence-electron chi connectivity index (χ4n) is 1.07. The maximum atomic E-state index is 11.2. The highest BCUT2D eigenvalue weighted by atomic mass is 32.2. The number of rotatable bonds is 1. The normalized spacial score (nSPS) is 11.5. The molecule has 0 saturated heterocycles. The number of anilines is 2. The number of hydrogen-bond donors (Lipinski definition) is 2. The summed E-state index contributed by atoms with van der Waals surface area (Å²) in [7, 11) is -3.39. The van der Waals surface area contributed by atoms with Gasteiger partial charge < -0.3 is 11.5 Å². The van der Waals surface area contributed by atoms with Crippen LogP contribution in [0.15, 0.2) is 4.90 Å². The van der Waals surface area contributed by atoms with Gasteiger partial charge in [0.2, 0.25) is 5.95 Å². The minimum atomic E-state index is -3.39. The summed E-state index contributed by atoms with van der Waals surface area (Å²) < 4.78 is 22.4. The van der Waals surface area contributed by atoms with Crippen LogP contribution in [0.5, 0.6) is 0 Å². The molecule has 0 unspecified atom stereocenters. The van der Waals surface area contributed by atoms with Crippen molar-refractivity contribution in [2.45, 2.75) is 11.8 Å². The molecule has 0 aliphatic rings. The molecular weight excluding hydrogens is 192 g/mol. The monoisotopic (exact) mass is 202 g/mol. The van der Waals surface area contributed by atoms with E-state index in [2.05, 4.69) is 9.97 Å². The lowest BCUT2D eigenvalue weighted by Crippen LogP contribution is -2.10. The summed E-state index contributed by atoms with van der Waals surface area (Å²) in [4.78, 5) is 7.22. The van der Waals surface area contributed by atoms with Crippen LogP contribution in [0.4, 0.5) is 11.8 Å². The molecule has 0 fully saturated rings. The van der Waals surface area contributed by atoms with Crippen LogP contribution in [-0.4, -0.2) is 24.6 Å². The average Bonchev–Trinajstić information content (AvgIpc) is 1.78. The Kier molecular flexibility index (Phi) is 2.12. The molecule has 4 N–H and O–H groups in total. The van der Waals surface area contributed by atoms with Gasteiger partial charge in [-0.15, -0.1) is 0 Å². The zero-order chi connectivity index (χ0) is 10.2. The van der Waals surface area contributed by atoms with Gasteiger partial charge in [-0.25, -0.2) is 13.4 Å². The van der Waals surface area contributed by atoms with Crippen LogP contribution < -0.4 is 11.5 Å². The summed E-state index contributed by atoms with van der Waals surface area (Å²) in [6.45, 7) is 1.52. The van der Waals surface area contributed by atoms with Crippen molar-refractivity contribution in [1.82, 2.24) is 9.97 Å².